The summed E-state index contributed by atoms with van der Waals surface area (Å²) in [5.41, 5.74) is 1.82. The number of hydrogen-bond acceptors (Lipinski definition) is 5. The van der Waals surface area contributed by atoms with Crippen molar-refractivity contribution in [2.75, 3.05) is 7.11 Å². The van der Waals surface area contributed by atoms with Crippen molar-refractivity contribution >= 4 is 16.9 Å². The molecular weight excluding hydrogens is 308 g/mol. The molecule has 1 aromatic heterocycles. The normalized spacial score (nSPS) is 10.6. The molecule has 0 fully saturated rings. The van der Waals surface area contributed by atoms with Crippen LogP contribution in [0.2, 0.25) is 0 Å². The third-order valence-electron chi connectivity index (χ3n) is 3.76. The molecule has 0 saturated heterocycles. The fourth-order valence-corrected chi connectivity index (χ4v) is 2.48. The Labute approximate surface area is 138 Å². The van der Waals surface area contributed by atoms with Gasteiger partial charge in [0.15, 0.2) is 0 Å². The minimum atomic E-state index is -0.502. The zero-order valence-electron chi connectivity index (χ0n) is 13.4. The van der Waals surface area contributed by atoms with Crippen LogP contribution < -0.4 is 10.4 Å². The lowest BCUT2D eigenvalue weighted by atomic mass is 10.1. The van der Waals surface area contributed by atoms with E-state index in [9.17, 15) is 9.59 Å². The molecule has 1 heterocycles. The smallest absolute Gasteiger partial charge is 0.338 e. The van der Waals surface area contributed by atoms with Gasteiger partial charge >= 0.3 is 11.6 Å². The van der Waals surface area contributed by atoms with E-state index >= 15 is 0 Å². The molecule has 0 radical (unpaired) electrons. The van der Waals surface area contributed by atoms with Crippen molar-refractivity contribution in [1.82, 2.24) is 0 Å². The summed E-state index contributed by atoms with van der Waals surface area (Å²) < 4.78 is 15.7. The highest BCUT2D eigenvalue weighted by molar-refractivity contribution is 5.91. The number of esters is 1. The van der Waals surface area contributed by atoms with E-state index in [2.05, 4.69) is 0 Å². The maximum atomic E-state index is 12.2. The zero-order chi connectivity index (χ0) is 17.1. The third-order valence-corrected chi connectivity index (χ3v) is 3.76. The van der Waals surface area contributed by atoms with Gasteiger partial charge in [0.05, 0.1) is 12.7 Å². The summed E-state index contributed by atoms with van der Waals surface area (Å²) in [5.74, 6) is 0.155. The first-order valence-electron chi connectivity index (χ1n) is 7.42. The molecule has 0 saturated carbocycles. The molecule has 3 aromatic rings. The summed E-state index contributed by atoms with van der Waals surface area (Å²) in [4.78, 5) is 23.9. The lowest BCUT2D eigenvalue weighted by Crippen LogP contribution is -2.09. The molecule has 0 aliphatic carbocycles. The van der Waals surface area contributed by atoms with Crippen molar-refractivity contribution in [3.8, 4) is 5.75 Å². The van der Waals surface area contributed by atoms with Gasteiger partial charge in [0.2, 0.25) is 0 Å². The lowest BCUT2D eigenvalue weighted by molar-refractivity contribution is 0.0473. The van der Waals surface area contributed by atoms with Crippen LogP contribution in [0.15, 0.2) is 57.7 Å². The van der Waals surface area contributed by atoms with E-state index in [1.54, 1.807) is 30.3 Å². The number of benzene rings is 2. The number of hydrogen-bond donors (Lipinski definition) is 0. The van der Waals surface area contributed by atoms with Crippen molar-refractivity contribution in [3.05, 3.63) is 75.6 Å². The Balaban J connectivity index is 1.89. The maximum Gasteiger partial charge on any atom is 0.338 e. The van der Waals surface area contributed by atoms with Crippen molar-refractivity contribution in [1.29, 1.82) is 0 Å². The number of fused-ring (bicyclic) bond motifs is 1. The molecule has 24 heavy (non-hydrogen) atoms. The van der Waals surface area contributed by atoms with E-state index in [1.165, 1.54) is 13.2 Å². The van der Waals surface area contributed by atoms with Gasteiger partial charge in [-0.25, -0.2) is 9.59 Å². The molecule has 0 unspecified atom stereocenters. The highest BCUT2D eigenvalue weighted by atomic mass is 16.5. The summed E-state index contributed by atoms with van der Waals surface area (Å²) in [6.45, 7) is 1.83. The summed E-state index contributed by atoms with van der Waals surface area (Å²) >= 11 is 0. The Morgan fingerprint density at radius 1 is 1.12 bits per heavy atom. The molecular formula is C19H16O5. The van der Waals surface area contributed by atoms with Gasteiger partial charge in [-0.2, -0.15) is 0 Å². The van der Waals surface area contributed by atoms with Crippen LogP contribution in [0.5, 0.6) is 5.75 Å². The predicted molar refractivity (Wildman–Crippen MR) is 89.3 cm³/mol. The number of ether oxygens (including phenoxy) is 2. The Morgan fingerprint density at radius 2 is 1.92 bits per heavy atom. The fraction of sp³-hybridized carbons (Fsp3) is 0.158. The van der Waals surface area contributed by atoms with E-state index in [0.29, 0.717) is 27.8 Å². The number of carbonyl (C=O) groups excluding carboxylic acids is 1. The number of methoxy groups -OCH3 is 1. The standard InChI is InChI=1S/C19H16O5/c1-12-5-3-4-6-15(12)19(21)23-11-13-9-18(20)24-17-10-14(22-2)7-8-16(13)17/h3-10H,11H2,1-2H3. The fourth-order valence-electron chi connectivity index (χ4n) is 2.48. The van der Waals surface area contributed by atoms with Crippen LogP contribution >= 0.6 is 0 Å². The molecule has 5 heteroatoms. The second-order valence-electron chi connectivity index (χ2n) is 5.34. The summed E-state index contributed by atoms with van der Waals surface area (Å²) in [5, 5.41) is 0.702. The summed E-state index contributed by atoms with van der Waals surface area (Å²) in [6.07, 6.45) is 0. The van der Waals surface area contributed by atoms with Crippen molar-refractivity contribution < 1.29 is 18.7 Å². The minimum absolute atomic E-state index is 0.0123. The first kappa shape index (κ1) is 15.8. The van der Waals surface area contributed by atoms with E-state index in [4.69, 9.17) is 13.9 Å². The molecule has 0 atom stereocenters. The number of aryl methyl sites for hydroxylation is 1. The monoisotopic (exact) mass is 324 g/mol. The SMILES string of the molecule is COc1ccc2c(COC(=O)c3ccccc3C)cc(=O)oc2c1. The van der Waals surface area contributed by atoms with Crippen LogP contribution in [0, 0.1) is 6.92 Å². The molecule has 0 aliphatic heterocycles. The molecule has 122 valence electrons. The Bertz CT molecular complexity index is 955. The first-order chi connectivity index (χ1) is 11.6. The summed E-state index contributed by atoms with van der Waals surface area (Å²) in [7, 11) is 1.53. The quantitative estimate of drug-likeness (QED) is 0.543. The molecule has 5 nitrogen and oxygen atoms in total. The van der Waals surface area contributed by atoms with Crippen LogP contribution in [-0.4, -0.2) is 13.1 Å². The minimum Gasteiger partial charge on any atom is -0.497 e. The molecule has 0 amide bonds. The average molecular weight is 324 g/mol. The highest BCUT2D eigenvalue weighted by Gasteiger charge is 2.12. The van der Waals surface area contributed by atoms with Gasteiger partial charge in [-0.1, -0.05) is 18.2 Å². The average Bonchev–Trinajstić information content (AvgIpc) is 2.59. The van der Waals surface area contributed by atoms with Crippen molar-refractivity contribution in [2.24, 2.45) is 0 Å². The van der Waals surface area contributed by atoms with Crippen LogP contribution in [0.4, 0.5) is 0 Å². The van der Waals surface area contributed by atoms with Gasteiger partial charge in [0.1, 0.15) is 17.9 Å². The Kier molecular flexibility index (Phi) is 4.33. The zero-order valence-corrected chi connectivity index (χ0v) is 13.4. The lowest BCUT2D eigenvalue weighted by Gasteiger charge is -2.09. The van der Waals surface area contributed by atoms with Crippen LogP contribution in [0.1, 0.15) is 21.5 Å². The Morgan fingerprint density at radius 3 is 2.67 bits per heavy atom. The highest BCUT2D eigenvalue weighted by Crippen LogP contribution is 2.23. The second-order valence-corrected chi connectivity index (χ2v) is 5.34. The second kappa shape index (κ2) is 6.58. The van der Waals surface area contributed by atoms with Gasteiger partial charge in [0, 0.05) is 23.1 Å². The van der Waals surface area contributed by atoms with E-state index in [-0.39, 0.29) is 6.61 Å². The molecule has 0 bridgehead atoms. The molecule has 3 rings (SSSR count). The van der Waals surface area contributed by atoms with Crippen LogP contribution in [-0.2, 0) is 11.3 Å². The summed E-state index contributed by atoms with van der Waals surface area (Å²) in [6, 6.07) is 13.7. The molecule has 2 aromatic carbocycles. The van der Waals surface area contributed by atoms with Crippen LogP contribution in [0.25, 0.3) is 11.0 Å². The van der Waals surface area contributed by atoms with Crippen LogP contribution in [0.3, 0.4) is 0 Å². The number of rotatable bonds is 4. The van der Waals surface area contributed by atoms with E-state index < -0.39 is 11.6 Å². The number of carbonyl (C=O) groups is 1. The topological polar surface area (TPSA) is 65.7 Å². The van der Waals surface area contributed by atoms with Gasteiger partial charge in [0.25, 0.3) is 0 Å². The van der Waals surface area contributed by atoms with Gasteiger partial charge in [-0.3, -0.25) is 0 Å². The predicted octanol–water partition coefficient (Wildman–Crippen LogP) is 3.47. The van der Waals surface area contributed by atoms with Gasteiger partial charge in [-0.05, 0) is 30.7 Å². The first-order valence-corrected chi connectivity index (χ1v) is 7.42. The van der Waals surface area contributed by atoms with Gasteiger partial charge in [-0.15, -0.1) is 0 Å². The van der Waals surface area contributed by atoms with Gasteiger partial charge < -0.3 is 13.9 Å². The third kappa shape index (κ3) is 3.15. The largest absolute Gasteiger partial charge is 0.497 e. The Hall–Kier alpha value is -3.08. The van der Waals surface area contributed by atoms with Crippen molar-refractivity contribution in [3.63, 3.8) is 0 Å². The molecule has 0 aliphatic rings. The van der Waals surface area contributed by atoms with Crippen molar-refractivity contribution in [2.45, 2.75) is 13.5 Å². The molecule has 0 spiro atoms. The maximum absolute atomic E-state index is 12.2. The molecule has 0 N–H and O–H groups in total. The van der Waals surface area contributed by atoms with E-state index in [0.717, 1.165) is 5.56 Å². The van der Waals surface area contributed by atoms with E-state index in [1.807, 2.05) is 19.1 Å².